The largest absolute Gasteiger partial charge is 0.361 e. The van der Waals surface area contributed by atoms with Crippen molar-refractivity contribution in [1.29, 1.82) is 0 Å². The fraction of sp³-hybridized carbons (Fsp3) is 0.0588. The SMILES string of the molecule is Cc1cc(C(=O)c2c[nH]c3nccc(-c4cccnc4)c23)no1. The number of aromatic amines is 1. The van der Waals surface area contributed by atoms with Crippen molar-refractivity contribution in [3.8, 4) is 11.1 Å². The van der Waals surface area contributed by atoms with E-state index in [0.717, 1.165) is 16.5 Å². The number of aryl methyl sites for hydroxylation is 1. The Labute approximate surface area is 131 Å². The Balaban J connectivity index is 1.93. The quantitative estimate of drug-likeness (QED) is 0.588. The number of nitrogens with one attached hydrogen (secondary N) is 1. The minimum absolute atomic E-state index is 0.203. The highest BCUT2D eigenvalue weighted by atomic mass is 16.5. The Hall–Kier alpha value is -3.28. The van der Waals surface area contributed by atoms with Gasteiger partial charge in [-0.2, -0.15) is 0 Å². The summed E-state index contributed by atoms with van der Waals surface area (Å²) in [6.07, 6.45) is 6.83. The molecule has 0 aliphatic carbocycles. The highest BCUT2D eigenvalue weighted by molar-refractivity contribution is 6.17. The van der Waals surface area contributed by atoms with Crippen molar-refractivity contribution in [2.45, 2.75) is 6.92 Å². The van der Waals surface area contributed by atoms with E-state index in [1.807, 2.05) is 18.2 Å². The Bertz CT molecular complexity index is 1000. The molecule has 0 fully saturated rings. The van der Waals surface area contributed by atoms with Gasteiger partial charge in [-0.3, -0.25) is 9.78 Å². The highest BCUT2D eigenvalue weighted by Crippen LogP contribution is 2.30. The molecular weight excluding hydrogens is 292 g/mol. The summed E-state index contributed by atoms with van der Waals surface area (Å²) in [5.41, 5.74) is 3.26. The Kier molecular flexibility index (Phi) is 3.01. The number of rotatable bonds is 3. The molecule has 6 heteroatoms. The van der Waals surface area contributed by atoms with E-state index < -0.39 is 0 Å². The van der Waals surface area contributed by atoms with Gasteiger partial charge in [0.1, 0.15) is 11.4 Å². The first kappa shape index (κ1) is 13.4. The summed E-state index contributed by atoms with van der Waals surface area (Å²) in [5.74, 6) is 0.394. The second kappa shape index (κ2) is 5.17. The summed E-state index contributed by atoms with van der Waals surface area (Å²) in [7, 11) is 0. The molecule has 0 bridgehead atoms. The molecule has 6 nitrogen and oxygen atoms in total. The summed E-state index contributed by atoms with van der Waals surface area (Å²) in [6.45, 7) is 1.75. The number of nitrogens with zero attached hydrogens (tertiary/aromatic N) is 3. The lowest BCUT2D eigenvalue weighted by Gasteiger charge is -2.04. The van der Waals surface area contributed by atoms with E-state index in [4.69, 9.17) is 4.52 Å². The zero-order valence-electron chi connectivity index (χ0n) is 12.3. The smallest absolute Gasteiger partial charge is 0.217 e. The standard InChI is InChI=1S/C17H12N4O2/c1-10-7-14(21-23-10)16(22)13-9-20-17-15(13)12(4-6-19-17)11-3-2-5-18-8-11/h2-9H,1H3,(H,19,20). The summed E-state index contributed by atoms with van der Waals surface area (Å²) in [5, 5.41) is 4.57. The van der Waals surface area contributed by atoms with Gasteiger partial charge in [-0.15, -0.1) is 0 Å². The van der Waals surface area contributed by atoms with Crippen LogP contribution in [0.2, 0.25) is 0 Å². The van der Waals surface area contributed by atoms with E-state index in [1.165, 1.54) is 0 Å². The van der Waals surface area contributed by atoms with Gasteiger partial charge in [0, 0.05) is 41.8 Å². The number of hydrogen-bond acceptors (Lipinski definition) is 5. The maximum absolute atomic E-state index is 12.7. The normalized spacial score (nSPS) is 11.0. The van der Waals surface area contributed by atoms with Crippen molar-refractivity contribution in [1.82, 2.24) is 20.1 Å². The van der Waals surface area contributed by atoms with Crippen LogP contribution < -0.4 is 0 Å². The molecule has 0 unspecified atom stereocenters. The van der Waals surface area contributed by atoms with E-state index in [-0.39, 0.29) is 11.5 Å². The minimum atomic E-state index is -0.203. The maximum Gasteiger partial charge on any atom is 0.217 e. The molecule has 112 valence electrons. The van der Waals surface area contributed by atoms with Crippen LogP contribution in [0.4, 0.5) is 0 Å². The minimum Gasteiger partial charge on any atom is -0.361 e. The number of ketones is 1. The van der Waals surface area contributed by atoms with Gasteiger partial charge in [-0.25, -0.2) is 4.98 Å². The maximum atomic E-state index is 12.7. The molecule has 4 aromatic rings. The molecule has 0 spiro atoms. The van der Waals surface area contributed by atoms with Crippen LogP contribution in [0, 0.1) is 6.92 Å². The number of carbonyl (C=O) groups is 1. The highest BCUT2D eigenvalue weighted by Gasteiger charge is 2.20. The van der Waals surface area contributed by atoms with Gasteiger partial charge >= 0.3 is 0 Å². The van der Waals surface area contributed by atoms with Gasteiger partial charge in [0.2, 0.25) is 5.78 Å². The van der Waals surface area contributed by atoms with Crippen LogP contribution in [-0.4, -0.2) is 25.9 Å². The fourth-order valence-corrected chi connectivity index (χ4v) is 2.61. The Morgan fingerprint density at radius 1 is 1.26 bits per heavy atom. The summed E-state index contributed by atoms with van der Waals surface area (Å²) >= 11 is 0. The van der Waals surface area contributed by atoms with Crippen molar-refractivity contribution in [3.63, 3.8) is 0 Å². The van der Waals surface area contributed by atoms with Crippen LogP contribution in [0.5, 0.6) is 0 Å². The lowest BCUT2D eigenvalue weighted by atomic mass is 10.00. The topological polar surface area (TPSA) is 84.7 Å². The van der Waals surface area contributed by atoms with Crippen LogP contribution in [0.25, 0.3) is 22.2 Å². The first-order valence-electron chi connectivity index (χ1n) is 7.08. The van der Waals surface area contributed by atoms with E-state index in [9.17, 15) is 4.79 Å². The molecule has 0 saturated heterocycles. The van der Waals surface area contributed by atoms with Crippen LogP contribution in [0.1, 0.15) is 21.8 Å². The molecule has 23 heavy (non-hydrogen) atoms. The van der Waals surface area contributed by atoms with Gasteiger partial charge in [-0.05, 0) is 24.6 Å². The molecule has 4 aromatic heterocycles. The van der Waals surface area contributed by atoms with Crippen molar-refractivity contribution in [2.24, 2.45) is 0 Å². The molecule has 4 rings (SSSR count). The number of fused-ring (bicyclic) bond motifs is 1. The lowest BCUT2D eigenvalue weighted by molar-refractivity contribution is 0.103. The predicted molar refractivity (Wildman–Crippen MR) is 84.0 cm³/mol. The third-order valence-electron chi connectivity index (χ3n) is 3.65. The molecule has 0 aliphatic rings. The number of pyridine rings is 2. The molecule has 0 amide bonds. The Morgan fingerprint density at radius 2 is 2.17 bits per heavy atom. The summed E-state index contributed by atoms with van der Waals surface area (Å²) < 4.78 is 5.00. The second-order valence-corrected chi connectivity index (χ2v) is 5.18. The van der Waals surface area contributed by atoms with Gasteiger partial charge in [0.15, 0.2) is 5.69 Å². The number of H-pyrrole nitrogens is 1. The van der Waals surface area contributed by atoms with E-state index in [2.05, 4.69) is 20.1 Å². The first-order valence-corrected chi connectivity index (χ1v) is 7.08. The molecular formula is C17H12N4O2. The van der Waals surface area contributed by atoms with Gasteiger partial charge in [0.05, 0.1) is 5.56 Å². The second-order valence-electron chi connectivity index (χ2n) is 5.18. The van der Waals surface area contributed by atoms with Crippen LogP contribution in [0.3, 0.4) is 0 Å². The van der Waals surface area contributed by atoms with Gasteiger partial charge in [0.25, 0.3) is 0 Å². The van der Waals surface area contributed by atoms with Crippen molar-refractivity contribution in [3.05, 3.63) is 66.1 Å². The van der Waals surface area contributed by atoms with E-state index >= 15 is 0 Å². The molecule has 0 aliphatic heterocycles. The zero-order chi connectivity index (χ0) is 15.8. The molecule has 0 radical (unpaired) electrons. The number of carbonyl (C=O) groups excluding carboxylic acids is 1. The summed E-state index contributed by atoms with van der Waals surface area (Å²) in [4.78, 5) is 24.2. The molecule has 0 aromatic carbocycles. The van der Waals surface area contributed by atoms with Gasteiger partial charge < -0.3 is 9.51 Å². The number of hydrogen-bond donors (Lipinski definition) is 1. The predicted octanol–water partition coefficient (Wildman–Crippen LogP) is 3.15. The molecule has 1 N–H and O–H groups in total. The van der Waals surface area contributed by atoms with Crippen molar-refractivity contribution in [2.75, 3.05) is 0 Å². The third-order valence-corrected chi connectivity index (χ3v) is 3.65. The average molecular weight is 304 g/mol. The monoisotopic (exact) mass is 304 g/mol. The fourth-order valence-electron chi connectivity index (χ4n) is 2.61. The average Bonchev–Trinajstić information content (AvgIpc) is 3.21. The van der Waals surface area contributed by atoms with E-state index in [1.54, 1.807) is 37.8 Å². The lowest BCUT2D eigenvalue weighted by Crippen LogP contribution is -2.01. The Morgan fingerprint density at radius 3 is 2.91 bits per heavy atom. The van der Waals surface area contributed by atoms with Crippen LogP contribution >= 0.6 is 0 Å². The van der Waals surface area contributed by atoms with Crippen LogP contribution in [0.15, 0.2) is 53.6 Å². The zero-order valence-corrected chi connectivity index (χ0v) is 12.3. The first-order chi connectivity index (χ1) is 11.2. The van der Waals surface area contributed by atoms with Crippen molar-refractivity contribution >= 4 is 16.8 Å². The van der Waals surface area contributed by atoms with Crippen molar-refractivity contribution < 1.29 is 9.32 Å². The number of aromatic nitrogens is 4. The molecule has 4 heterocycles. The summed E-state index contributed by atoms with van der Waals surface area (Å²) in [6, 6.07) is 7.30. The van der Waals surface area contributed by atoms with E-state index in [0.29, 0.717) is 17.0 Å². The molecule has 0 atom stereocenters. The third kappa shape index (κ3) is 2.20. The van der Waals surface area contributed by atoms with Crippen LogP contribution in [-0.2, 0) is 0 Å². The molecule has 0 saturated carbocycles. The van der Waals surface area contributed by atoms with Gasteiger partial charge in [-0.1, -0.05) is 11.2 Å².